The fourth-order valence-corrected chi connectivity index (χ4v) is 3.18. The van der Waals surface area contributed by atoms with Crippen molar-refractivity contribution in [3.63, 3.8) is 0 Å². The Labute approximate surface area is 142 Å². The first-order valence-corrected chi connectivity index (χ1v) is 8.26. The standard InChI is InChI=1S/C20H22N2O2/c1-15(17-9-5-3-6-10-17)21-13-20(24)22(14-19(21)23)16(2)18-11-7-4-8-12-18/h3-12,15-16H,13-14H2,1-2H3/t15-,16-/m0/s1. The first-order valence-electron chi connectivity index (χ1n) is 8.26. The number of hydrogen-bond donors (Lipinski definition) is 0. The predicted octanol–water partition coefficient (Wildman–Crippen LogP) is 3.18. The Morgan fingerprint density at radius 3 is 1.33 bits per heavy atom. The van der Waals surface area contributed by atoms with Gasteiger partial charge >= 0.3 is 0 Å². The summed E-state index contributed by atoms with van der Waals surface area (Å²) in [5.41, 5.74) is 2.09. The molecule has 124 valence electrons. The third kappa shape index (κ3) is 3.18. The van der Waals surface area contributed by atoms with Crippen molar-refractivity contribution in [2.75, 3.05) is 13.1 Å². The largest absolute Gasteiger partial charge is 0.325 e. The van der Waals surface area contributed by atoms with E-state index in [2.05, 4.69) is 0 Å². The molecule has 3 rings (SSSR count). The highest BCUT2D eigenvalue weighted by atomic mass is 16.2. The average Bonchev–Trinajstić information content (AvgIpc) is 2.63. The zero-order chi connectivity index (χ0) is 17.1. The van der Waals surface area contributed by atoms with Crippen LogP contribution in [0.25, 0.3) is 0 Å². The summed E-state index contributed by atoms with van der Waals surface area (Å²) in [5, 5.41) is 0. The second-order valence-electron chi connectivity index (χ2n) is 6.22. The van der Waals surface area contributed by atoms with Gasteiger partial charge in [-0.2, -0.15) is 0 Å². The maximum Gasteiger partial charge on any atom is 0.243 e. The van der Waals surface area contributed by atoms with E-state index in [0.717, 1.165) is 11.1 Å². The number of carbonyl (C=O) groups excluding carboxylic acids is 2. The topological polar surface area (TPSA) is 40.6 Å². The molecule has 0 aromatic heterocycles. The summed E-state index contributed by atoms with van der Waals surface area (Å²) < 4.78 is 0. The number of amides is 2. The average molecular weight is 322 g/mol. The number of hydrogen-bond acceptors (Lipinski definition) is 2. The number of rotatable bonds is 4. The molecule has 1 aliphatic heterocycles. The molecule has 0 saturated carbocycles. The van der Waals surface area contributed by atoms with Crippen molar-refractivity contribution in [3.8, 4) is 0 Å². The van der Waals surface area contributed by atoms with Crippen molar-refractivity contribution in [3.05, 3.63) is 71.8 Å². The summed E-state index contributed by atoms with van der Waals surface area (Å²) in [7, 11) is 0. The summed E-state index contributed by atoms with van der Waals surface area (Å²) in [6.45, 7) is 4.20. The lowest BCUT2D eigenvalue weighted by Gasteiger charge is -2.40. The highest BCUT2D eigenvalue weighted by Gasteiger charge is 2.35. The second-order valence-corrected chi connectivity index (χ2v) is 6.22. The Bertz CT molecular complexity index is 651. The molecule has 2 aromatic carbocycles. The van der Waals surface area contributed by atoms with E-state index in [4.69, 9.17) is 0 Å². The second kappa shape index (κ2) is 6.87. The Balaban J connectivity index is 1.75. The van der Waals surface area contributed by atoms with Crippen LogP contribution in [0.2, 0.25) is 0 Å². The molecule has 2 amide bonds. The maximum absolute atomic E-state index is 12.6. The molecule has 0 radical (unpaired) electrons. The summed E-state index contributed by atoms with van der Waals surface area (Å²) in [6.07, 6.45) is 0. The normalized spacial score (nSPS) is 17.8. The molecule has 4 nitrogen and oxygen atoms in total. The van der Waals surface area contributed by atoms with Gasteiger partial charge in [-0.15, -0.1) is 0 Å². The van der Waals surface area contributed by atoms with Crippen molar-refractivity contribution in [1.29, 1.82) is 0 Å². The highest BCUT2D eigenvalue weighted by molar-refractivity contribution is 5.93. The third-order valence-electron chi connectivity index (χ3n) is 4.75. The molecule has 2 aromatic rings. The van der Waals surface area contributed by atoms with E-state index in [0.29, 0.717) is 0 Å². The molecule has 1 heterocycles. The number of benzene rings is 2. The predicted molar refractivity (Wildman–Crippen MR) is 93.1 cm³/mol. The monoisotopic (exact) mass is 322 g/mol. The molecule has 0 aliphatic carbocycles. The lowest BCUT2D eigenvalue weighted by molar-refractivity contribution is -0.154. The van der Waals surface area contributed by atoms with E-state index < -0.39 is 0 Å². The first-order chi connectivity index (χ1) is 11.6. The van der Waals surface area contributed by atoms with E-state index in [1.54, 1.807) is 9.80 Å². The SMILES string of the molecule is C[C@@H](c1ccccc1)N1CC(=O)N([C@@H](C)c2ccccc2)CC1=O. The van der Waals surface area contributed by atoms with Crippen molar-refractivity contribution in [2.24, 2.45) is 0 Å². The van der Waals surface area contributed by atoms with Crippen LogP contribution in [0, 0.1) is 0 Å². The van der Waals surface area contributed by atoms with Crippen LogP contribution in [0.1, 0.15) is 37.1 Å². The highest BCUT2D eigenvalue weighted by Crippen LogP contribution is 2.27. The van der Waals surface area contributed by atoms with Gasteiger partial charge in [0.15, 0.2) is 0 Å². The van der Waals surface area contributed by atoms with Gasteiger partial charge in [0, 0.05) is 0 Å². The molecule has 4 heteroatoms. The molecule has 0 bridgehead atoms. The fourth-order valence-electron chi connectivity index (χ4n) is 3.18. The van der Waals surface area contributed by atoms with Crippen LogP contribution in [0.15, 0.2) is 60.7 Å². The Kier molecular flexibility index (Phi) is 4.65. The smallest absolute Gasteiger partial charge is 0.243 e. The Morgan fingerprint density at radius 1 is 0.667 bits per heavy atom. The quantitative estimate of drug-likeness (QED) is 0.867. The van der Waals surface area contributed by atoms with Crippen LogP contribution >= 0.6 is 0 Å². The summed E-state index contributed by atoms with van der Waals surface area (Å²) in [5.74, 6) is -0.0116. The molecule has 1 fully saturated rings. The molecule has 24 heavy (non-hydrogen) atoms. The summed E-state index contributed by atoms with van der Waals surface area (Å²) >= 11 is 0. The van der Waals surface area contributed by atoms with E-state index in [1.807, 2.05) is 74.5 Å². The molecule has 2 atom stereocenters. The van der Waals surface area contributed by atoms with Gasteiger partial charge in [-0.1, -0.05) is 60.7 Å². The van der Waals surface area contributed by atoms with Crippen LogP contribution in [-0.2, 0) is 9.59 Å². The van der Waals surface area contributed by atoms with Gasteiger partial charge in [0.1, 0.15) is 13.1 Å². The minimum Gasteiger partial charge on any atom is -0.325 e. The minimum atomic E-state index is -0.100. The minimum absolute atomic E-state index is 0.00580. The van der Waals surface area contributed by atoms with Gasteiger partial charge in [0.25, 0.3) is 0 Å². The van der Waals surface area contributed by atoms with Gasteiger partial charge in [-0.25, -0.2) is 0 Å². The van der Waals surface area contributed by atoms with Crippen LogP contribution in [0.5, 0.6) is 0 Å². The van der Waals surface area contributed by atoms with Gasteiger partial charge in [-0.3, -0.25) is 9.59 Å². The zero-order valence-electron chi connectivity index (χ0n) is 14.1. The van der Waals surface area contributed by atoms with E-state index in [9.17, 15) is 9.59 Å². The Hall–Kier alpha value is -2.62. The van der Waals surface area contributed by atoms with E-state index >= 15 is 0 Å². The lowest BCUT2D eigenvalue weighted by atomic mass is 10.0. The zero-order valence-corrected chi connectivity index (χ0v) is 14.1. The van der Waals surface area contributed by atoms with Crippen LogP contribution in [0.3, 0.4) is 0 Å². The molecule has 1 saturated heterocycles. The lowest BCUT2D eigenvalue weighted by Crippen LogP contribution is -2.54. The molecular formula is C20H22N2O2. The van der Waals surface area contributed by atoms with E-state index in [-0.39, 0.29) is 37.0 Å². The van der Waals surface area contributed by atoms with Gasteiger partial charge in [-0.05, 0) is 25.0 Å². The Morgan fingerprint density at radius 2 is 1.00 bits per heavy atom. The van der Waals surface area contributed by atoms with Gasteiger partial charge < -0.3 is 9.80 Å². The van der Waals surface area contributed by atoms with Crippen molar-refractivity contribution < 1.29 is 9.59 Å². The molecule has 0 spiro atoms. The van der Waals surface area contributed by atoms with Gasteiger partial charge in [0.05, 0.1) is 12.1 Å². The first kappa shape index (κ1) is 16.2. The fraction of sp³-hybridized carbons (Fsp3) is 0.300. The van der Waals surface area contributed by atoms with Crippen LogP contribution in [0.4, 0.5) is 0 Å². The number of carbonyl (C=O) groups is 2. The molecule has 0 N–H and O–H groups in total. The van der Waals surface area contributed by atoms with Crippen molar-refractivity contribution in [1.82, 2.24) is 9.80 Å². The van der Waals surface area contributed by atoms with Crippen LogP contribution in [-0.4, -0.2) is 34.7 Å². The molecule has 1 aliphatic rings. The summed E-state index contributed by atoms with van der Waals surface area (Å²) in [4.78, 5) is 28.6. The van der Waals surface area contributed by atoms with Crippen LogP contribution < -0.4 is 0 Å². The number of nitrogens with zero attached hydrogens (tertiary/aromatic N) is 2. The third-order valence-corrected chi connectivity index (χ3v) is 4.75. The van der Waals surface area contributed by atoms with E-state index in [1.165, 1.54) is 0 Å². The van der Waals surface area contributed by atoms with Crippen molar-refractivity contribution in [2.45, 2.75) is 25.9 Å². The number of piperazine rings is 1. The molecular weight excluding hydrogens is 300 g/mol. The maximum atomic E-state index is 12.6. The summed E-state index contributed by atoms with van der Waals surface area (Å²) in [6, 6.07) is 19.4. The van der Waals surface area contributed by atoms with Gasteiger partial charge in [0.2, 0.25) is 11.8 Å². The molecule has 0 unspecified atom stereocenters. The van der Waals surface area contributed by atoms with Crippen molar-refractivity contribution >= 4 is 11.8 Å².